The Labute approximate surface area is 166 Å². The zero-order chi connectivity index (χ0) is 21.1. The summed E-state index contributed by atoms with van der Waals surface area (Å²) in [6.45, 7) is 1.73. The van der Waals surface area contributed by atoms with Crippen LogP contribution in [0.25, 0.3) is 17.0 Å². The van der Waals surface area contributed by atoms with Gasteiger partial charge in [0.25, 0.3) is 0 Å². The van der Waals surface area contributed by atoms with E-state index in [0.29, 0.717) is 33.8 Å². The van der Waals surface area contributed by atoms with Gasteiger partial charge in [-0.1, -0.05) is 0 Å². The summed E-state index contributed by atoms with van der Waals surface area (Å²) >= 11 is 0. The summed E-state index contributed by atoms with van der Waals surface area (Å²) in [6.07, 6.45) is 2.79. The molecule has 2 aromatic carbocycles. The fraction of sp³-hybridized carbons (Fsp3) is 0.182. The Bertz CT molecular complexity index is 1170. The first-order chi connectivity index (χ1) is 13.9. The standard InChI is InChI=1S/C22H20O7/c1-12-11-18(25)29-21-14(12)7-9-16(24)19(21)15(23)8-5-13-6-10-17(26-2)22(28-4)20(13)27-3/h5-11,24H,1-4H3/b8-5+. The van der Waals surface area contributed by atoms with Gasteiger partial charge in [-0.2, -0.15) is 0 Å². The minimum Gasteiger partial charge on any atom is -0.507 e. The van der Waals surface area contributed by atoms with Gasteiger partial charge in [-0.3, -0.25) is 4.79 Å². The highest BCUT2D eigenvalue weighted by molar-refractivity contribution is 6.15. The van der Waals surface area contributed by atoms with Gasteiger partial charge in [-0.05, 0) is 48.9 Å². The van der Waals surface area contributed by atoms with E-state index in [2.05, 4.69) is 0 Å². The number of aryl methyl sites for hydroxylation is 1. The highest BCUT2D eigenvalue weighted by Gasteiger charge is 2.18. The zero-order valence-electron chi connectivity index (χ0n) is 16.4. The number of methoxy groups -OCH3 is 3. The highest BCUT2D eigenvalue weighted by Crippen LogP contribution is 2.40. The number of carbonyl (C=O) groups excluding carboxylic acids is 1. The maximum Gasteiger partial charge on any atom is 0.336 e. The number of aromatic hydroxyl groups is 1. The lowest BCUT2D eigenvalue weighted by atomic mass is 10.0. The van der Waals surface area contributed by atoms with E-state index in [0.717, 1.165) is 0 Å². The first kappa shape index (κ1) is 20.0. The molecule has 0 saturated heterocycles. The van der Waals surface area contributed by atoms with Crippen LogP contribution in [0.1, 0.15) is 21.5 Å². The summed E-state index contributed by atoms with van der Waals surface area (Å²) in [4.78, 5) is 24.6. The molecule has 3 rings (SSSR count). The lowest BCUT2D eigenvalue weighted by molar-refractivity contribution is 0.104. The number of ketones is 1. The lowest BCUT2D eigenvalue weighted by Gasteiger charge is -2.14. The number of hydrogen-bond donors (Lipinski definition) is 1. The molecular weight excluding hydrogens is 376 g/mol. The van der Waals surface area contributed by atoms with Crippen molar-refractivity contribution in [3.63, 3.8) is 0 Å². The number of phenols is 1. The lowest BCUT2D eigenvalue weighted by Crippen LogP contribution is -2.03. The Morgan fingerprint density at radius 3 is 2.41 bits per heavy atom. The van der Waals surface area contributed by atoms with Gasteiger partial charge < -0.3 is 23.7 Å². The van der Waals surface area contributed by atoms with Crippen molar-refractivity contribution in [3.8, 4) is 23.0 Å². The van der Waals surface area contributed by atoms with Crippen LogP contribution in [-0.2, 0) is 0 Å². The van der Waals surface area contributed by atoms with Gasteiger partial charge in [0.05, 0.1) is 21.3 Å². The molecule has 0 spiro atoms. The van der Waals surface area contributed by atoms with Gasteiger partial charge in [0, 0.05) is 17.0 Å². The molecule has 0 fully saturated rings. The molecule has 1 heterocycles. The normalized spacial score (nSPS) is 11.0. The summed E-state index contributed by atoms with van der Waals surface area (Å²) in [5.74, 6) is 0.454. The Morgan fingerprint density at radius 1 is 1.03 bits per heavy atom. The van der Waals surface area contributed by atoms with E-state index in [9.17, 15) is 14.7 Å². The van der Waals surface area contributed by atoms with Gasteiger partial charge >= 0.3 is 5.63 Å². The monoisotopic (exact) mass is 396 g/mol. The van der Waals surface area contributed by atoms with Gasteiger partial charge in [0.15, 0.2) is 22.9 Å². The molecule has 1 aromatic heterocycles. The predicted octanol–water partition coefficient (Wildman–Crippen LogP) is 3.73. The summed E-state index contributed by atoms with van der Waals surface area (Å²) < 4.78 is 21.2. The van der Waals surface area contributed by atoms with Crippen LogP contribution < -0.4 is 19.8 Å². The first-order valence-electron chi connectivity index (χ1n) is 8.69. The quantitative estimate of drug-likeness (QED) is 0.385. The van der Waals surface area contributed by atoms with Crippen molar-refractivity contribution >= 4 is 22.8 Å². The Morgan fingerprint density at radius 2 is 1.76 bits per heavy atom. The third-order valence-corrected chi connectivity index (χ3v) is 4.49. The summed E-state index contributed by atoms with van der Waals surface area (Å²) in [5, 5.41) is 10.8. The third kappa shape index (κ3) is 3.67. The molecule has 3 aromatic rings. The topological polar surface area (TPSA) is 95.2 Å². The fourth-order valence-corrected chi connectivity index (χ4v) is 3.12. The SMILES string of the molecule is COc1ccc(/C=C/C(=O)c2c(O)ccc3c(C)cc(=O)oc23)c(OC)c1OC. The van der Waals surface area contributed by atoms with Crippen LogP contribution in [0.4, 0.5) is 0 Å². The Hall–Kier alpha value is -3.74. The second-order valence-corrected chi connectivity index (χ2v) is 6.21. The predicted molar refractivity (Wildman–Crippen MR) is 108 cm³/mol. The molecule has 7 heteroatoms. The van der Waals surface area contributed by atoms with Gasteiger partial charge in [0.1, 0.15) is 11.3 Å². The molecule has 0 amide bonds. The van der Waals surface area contributed by atoms with Crippen LogP contribution >= 0.6 is 0 Å². The molecule has 1 N–H and O–H groups in total. The molecule has 0 unspecified atom stereocenters. The molecule has 0 bridgehead atoms. The van der Waals surface area contributed by atoms with Gasteiger partial charge in [0.2, 0.25) is 5.75 Å². The highest BCUT2D eigenvalue weighted by atomic mass is 16.5. The van der Waals surface area contributed by atoms with Crippen LogP contribution in [0.5, 0.6) is 23.0 Å². The van der Waals surface area contributed by atoms with Crippen molar-refractivity contribution in [2.75, 3.05) is 21.3 Å². The molecule has 0 radical (unpaired) electrons. The van der Waals surface area contributed by atoms with Crippen LogP contribution in [0.3, 0.4) is 0 Å². The molecule has 0 aliphatic heterocycles. The number of fused-ring (bicyclic) bond motifs is 1. The third-order valence-electron chi connectivity index (χ3n) is 4.49. The molecule has 7 nitrogen and oxygen atoms in total. The maximum absolute atomic E-state index is 12.8. The average molecular weight is 396 g/mol. The van der Waals surface area contributed by atoms with Crippen molar-refractivity contribution in [3.05, 3.63) is 63.5 Å². The van der Waals surface area contributed by atoms with Crippen molar-refractivity contribution in [2.24, 2.45) is 0 Å². The molecule has 0 atom stereocenters. The largest absolute Gasteiger partial charge is 0.507 e. The van der Waals surface area contributed by atoms with E-state index < -0.39 is 11.4 Å². The Kier molecular flexibility index (Phi) is 5.59. The van der Waals surface area contributed by atoms with E-state index in [1.165, 1.54) is 45.6 Å². The molecule has 0 aliphatic rings. The molecule has 29 heavy (non-hydrogen) atoms. The number of allylic oxidation sites excluding steroid dienone is 1. The number of benzene rings is 2. The Balaban J connectivity index is 2.09. The number of phenolic OH excluding ortho intramolecular Hbond substituents is 1. The van der Waals surface area contributed by atoms with Crippen molar-refractivity contribution in [1.82, 2.24) is 0 Å². The summed E-state index contributed by atoms with van der Waals surface area (Å²) in [7, 11) is 4.47. The van der Waals surface area contributed by atoms with E-state index in [1.54, 1.807) is 25.1 Å². The second-order valence-electron chi connectivity index (χ2n) is 6.21. The maximum atomic E-state index is 12.8. The van der Waals surface area contributed by atoms with E-state index in [1.807, 2.05) is 0 Å². The molecule has 0 aliphatic carbocycles. The molecular formula is C22H20O7. The van der Waals surface area contributed by atoms with Crippen LogP contribution in [0.15, 0.2) is 45.6 Å². The fourth-order valence-electron chi connectivity index (χ4n) is 3.12. The summed E-state index contributed by atoms with van der Waals surface area (Å²) in [5.41, 5.74) is 0.579. The molecule has 150 valence electrons. The number of ether oxygens (including phenoxy) is 3. The average Bonchev–Trinajstić information content (AvgIpc) is 2.70. The number of carbonyl (C=O) groups is 1. The van der Waals surface area contributed by atoms with Crippen LogP contribution in [0.2, 0.25) is 0 Å². The molecule has 0 saturated carbocycles. The van der Waals surface area contributed by atoms with Crippen LogP contribution in [-0.4, -0.2) is 32.2 Å². The van der Waals surface area contributed by atoms with Crippen molar-refractivity contribution < 1.29 is 28.5 Å². The number of hydrogen-bond acceptors (Lipinski definition) is 7. The van der Waals surface area contributed by atoms with Crippen molar-refractivity contribution in [1.29, 1.82) is 0 Å². The zero-order valence-corrected chi connectivity index (χ0v) is 16.4. The van der Waals surface area contributed by atoms with Crippen LogP contribution in [0, 0.1) is 6.92 Å². The van der Waals surface area contributed by atoms with Gasteiger partial charge in [-0.25, -0.2) is 4.79 Å². The van der Waals surface area contributed by atoms with E-state index >= 15 is 0 Å². The minimum absolute atomic E-state index is 0.0453. The second kappa shape index (κ2) is 8.10. The minimum atomic E-state index is -0.597. The summed E-state index contributed by atoms with van der Waals surface area (Å²) in [6, 6.07) is 7.71. The first-order valence-corrected chi connectivity index (χ1v) is 8.69. The van der Waals surface area contributed by atoms with Crippen molar-refractivity contribution in [2.45, 2.75) is 6.92 Å². The van der Waals surface area contributed by atoms with Gasteiger partial charge in [-0.15, -0.1) is 0 Å². The smallest absolute Gasteiger partial charge is 0.336 e. The van der Waals surface area contributed by atoms with E-state index in [-0.39, 0.29) is 16.9 Å². The number of rotatable bonds is 6. The van der Waals surface area contributed by atoms with E-state index in [4.69, 9.17) is 18.6 Å².